The Bertz CT molecular complexity index is 797. The van der Waals surface area contributed by atoms with Gasteiger partial charge in [0.15, 0.2) is 0 Å². The summed E-state index contributed by atoms with van der Waals surface area (Å²) >= 11 is 0. The smallest absolute Gasteiger partial charge is 0.288 e. The molecule has 3 rings (SSSR count). The molecule has 1 aliphatic heterocycles. The van der Waals surface area contributed by atoms with Crippen molar-refractivity contribution >= 4 is 17.4 Å². The van der Waals surface area contributed by atoms with Crippen LogP contribution in [0.1, 0.15) is 23.2 Å². The number of ether oxygens (including phenoxy) is 1. The minimum Gasteiger partial charge on any atom is -0.493 e. The quantitative estimate of drug-likeness (QED) is 0.628. The van der Waals surface area contributed by atoms with Gasteiger partial charge < -0.3 is 15.4 Å². The average molecular weight is 356 g/mol. The first-order valence-electron chi connectivity index (χ1n) is 8.41. The number of nitrogens with zero attached hydrogens (tertiary/aromatic N) is 3. The van der Waals surface area contributed by atoms with E-state index in [1.807, 2.05) is 35.2 Å². The molecule has 2 N–H and O–H groups in total. The van der Waals surface area contributed by atoms with Crippen LogP contribution in [0.25, 0.3) is 0 Å². The highest BCUT2D eigenvalue weighted by Crippen LogP contribution is 2.27. The van der Waals surface area contributed by atoms with Gasteiger partial charge in [0.2, 0.25) is 0 Å². The zero-order valence-corrected chi connectivity index (χ0v) is 14.2. The zero-order valence-electron chi connectivity index (χ0n) is 14.2. The van der Waals surface area contributed by atoms with Crippen molar-refractivity contribution in [2.45, 2.75) is 12.8 Å². The number of carbonyl (C=O) groups excluding carboxylic acids is 1. The fourth-order valence-corrected chi connectivity index (χ4v) is 3.10. The number of pyridine rings is 1. The summed E-state index contributed by atoms with van der Waals surface area (Å²) in [5.74, 6) is 0.754. The molecule has 8 nitrogen and oxygen atoms in total. The maximum atomic E-state index is 11.7. The first-order chi connectivity index (χ1) is 12.5. The molecule has 1 unspecified atom stereocenters. The second kappa shape index (κ2) is 7.81. The molecular formula is C18H20N4O4. The molecule has 1 saturated heterocycles. The van der Waals surface area contributed by atoms with Gasteiger partial charge in [-0.15, -0.1) is 0 Å². The molecule has 1 atom stereocenters. The van der Waals surface area contributed by atoms with E-state index in [0.29, 0.717) is 25.5 Å². The summed E-state index contributed by atoms with van der Waals surface area (Å²) in [6.07, 6.45) is 3.08. The van der Waals surface area contributed by atoms with Crippen molar-refractivity contribution in [3.63, 3.8) is 0 Å². The Morgan fingerprint density at radius 1 is 1.38 bits per heavy atom. The van der Waals surface area contributed by atoms with Crippen LogP contribution in [-0.4, -0.2) is 35.5 Å². The molecule has 136 valence electrons. The van der Waals surface area contributed by atoms with Crippen LogP contribution in [0.5, 0.6) is 5.75 Å². The number of aromatic nitrogens is 1. The van der Waals surface area contributed by atoms with Gasteiger partial charge in [-0.05, 0) is 25.0 Å². The molecule has 1 aromatic heterocycles. The highest BCUT2D eigenvalue weighted by Gasteiger charge is 2.26. The number of benzene rings is 1. The second-order valence-electron chi connectivity index (χ2n) is 6.26. The molecule has 0 spiro atoms. The number of piperidine rings is 1. The molecule has 1 aromatic carbocycles. The lowest BCUT2D eigenvalue weighted by Crippen LogP contribution is -2.39. The summed E-state index contributed by atoms with van der Waals surface area (Å²) in [4.78, 5) is 28.2. The van der Waals surface area contributed by atoms with Crippen LogP contribution in [0.2, 0.25) is 0 Å². The molecule has 2 heterocycles. The van der Waals surface area contributed by atoms with Crippen LogP contribution < -0.4 is 15.4 Å². The Morgan fingerprint density at radius 2 is 2.15 bits per heavy atom. The fraction of sp³-hybridized carbons (Fsp3) is 0.333. The summed E-state index contributed by atoms with van der Waals surface area (Å²) < 4.78 is 5.83. The van der Waals surface area contributed by atoms with Crippen molar-refractivity contribution in [3.05, 3.63) is 58.3 Å². The average Bonchev–Trinajstić information content (AvgIpc) is 2.67. The summed E-state index contributed by atoms with van der Waals surface area (Å²) in [7, 11) is 0. The van der Waals surface area contributed by atoms with Crippen molar-refractivity contribution in [3.8, 4) is 5.75 Å². The van der Waals surface area contributed by atoms with E-state index in [0.717, 1.165) is 24.8 Å². The van der Waals surface area contributed by atoms with Gasteiger partial charge in [-0.1, -0.05) is 18.2 Å². The molecule has 0 aliphatic carbocycles. The van der Waals surface area contributed by atoms with Gasteiger partial charge in [0, 0.05) is 25.1 Å². The second-order valence-corrected chi connectivity index (χ2v) is 6.26. The molecule has 0 saturated carbocycles. The first-order valence-corrected chi connectivity index (χ1v) is 8.41. The number of hydrogen-bond acceptors (Lipinski definition) is 6. The lowest BCUT2D eigenvalue weighted by molar-refractivity contribution is -0.385. The number of primary amides is 1. The van der Waals surface area contributed by atoms with Crippen LogP contribution in [0.3, 0.4) is 0 Å². The number of amides is 1. The van der Waals surface area contributed by atoms with E-state index in [4.69, 9.17) is 10.5 Å². The summed E-state index contributed by atoms with van der Waals surface area (Å²) in [6.45, 7) is 1.92. The maximum Gasteiger partial charge on any atom is 0.288 e. The fourth-order valence-electron chi connectivity index (χ4n) is 3.10. The standard InChI is InChI=1S/C18H20N4O4/c19-17(23)16-9-14(22(24)25)10-20-18(16)21-8-4-5-13(11-21)12-26-15-6-2-1-3-7-15/h1-3,6-7,9-10,13H,4-5,8,11-12H2,(H2,19,23). The van der Waals surface area contributed by atoms with Crippen LogP contribution in [0.15, 0.2) is 42.6 Å². The van der Waals surface area contributed by atoms with Crippen LogP contribution in [0, 0.1) is 16.0 Å². The topological polar surface area (TPSA) is 112 Å². The van der Waals surface area contributed by atoms with Crippen molar-refractivity contribution in [1.29, 1.82) is 0 Å². The lowest BCUT2D eigenvalue weighted by Gasteiger charge is -2.34. The van der Waals surface area contributed by atoms with Crippen molar-refractivity contribution in [2.24, 2.45) is 11.7 Å². The SMILES string of the molecule is NC(=O)c1cc([N+](=O)[O-])cnc1N1CCCC(COc2ccccc2)C1. The van der Waals surface area contributed by atoms with E-state index in [1.165, 1.54) is 6.07 Å². The number of hydrogen-bond donors (Lipinski definition) is 1. The third-order valence-corrected chi connectivity index (χ3v) is 4.38. The van der Waals surface area contributed by atoms with E-state index in [9.17, 15) is 14.9 Å². The molecule has 0 radical (unpaired) electrons. The van der Waals surface area contributed by atoms with Gasteiger partial charge in [-0.2, -0.15) is 0 Å². The minimum atomic E-state index is -0.723. The summed E-state index contributed by atoms with van der Waals surface area (Å²) in [6, 6.07) is 10.8. The van der Waals surface area contributed by atoms with Crippen LogP contribution >= 0.6 is 0 Å². The van der Waals surface area contributed by atoms with Gasteiger partial charge in [-0.3, -0.25) is 14.9 Å². The Balaban J connectivity index is 1.72. The van der Waals surface area contributed by atoms with Crippen molar-refractivity contribution in [2.75, 3.05) is 24.6 Å². The van der Waals surface area contributed by atoms with E-state index in [1.54, 1.807) is 0 Å². The van der Waals surface area contributed by atoms with Gasteiger partial charge in [-0.25, -0.2) is 4.98 Å². The maximum absolute atomic E-state index is 11.7. The molecule has 1 amide bonds. The molecule has 8 heteroatoms. The Labute approximate surface area is 150 Å². The van der Waals surface area contributed by atoms with E-state index >= 15 is 0 Å². The number of nitrogens with two attached hydrogens (primary N) is 1. The number of carbonyl (C=O) groups is 1. The molecule has 1 fully saturated rings. The number of para-hydroxylation sites is 1. The Hall–Kier alpha value is -3.16. The van der Waals surface area contributed by atoms with E-state index in [-0.39, 0.29) is 17.2 Å². The summed E-state index contributed by atoms with van der Waals surface area (Å²) in [5.41, 5.74) is 5.23. The number of nitro groups is 1. The lowest BCUT2D eigenvalue weighted by atomic mass is 9.98. The van der Waals surface area contributed by atoms with Gasteiger partial charge in [0.25, 0.3) is 11.6 Å². The zero-order chi connectivity index (χ0) is 18.5. The minimum absolute atomic E-state index is 0.0730. The predicted octanol–water partition coefficient (Wildman–Crippen LogP) is 2.38. The van der Waals surface area contributed by atoms with E-state index in [2.05, 4.69) is 4.98 Å². The Kier molecular flexibility index (Phi) is 5.31. The molecule has 0 bridgehead atoms. The van der Waals surface area contributed by atoms with Gasteiger partial charge >= 0.3 is 0 Å². The third kappa shape index (κ3) is 4.08. The van der Waals surface area contributed by atoms with Crippen molar-refractivity contribution in [1.82, 2.24) is 4.98 Å². The Morgan fingerprint density at radius 3 is 2.85 bits per heavy atom. The van der Waals surface area contributed by atoms with Crippen LogP contribution in [0.4, 0.5) is 11.5 Å². The van der Waals surface area contributed by atoms with Gasteiger partial charge in [0.05, 0.1) is 17.1 Å². The van der Waals surface area contributed by atoms with Crippen molar-refractivity contribution < 1.29 is 14.5 Å². The summed E-state index contributed by atoms with van der Waals surface area (Å²) in [5, 5.41) is 10.9. The highest BCUT2D eigenvalue weighted by atomic mass is 16.6. The highest BCUT2D eigenvalue weighted by molar-refractivity contribution is 5.98. The number of anilines is 1. The monoisotopic (exact) mass is 356 g/mol. The van der Waals surface area contributed by atoms with Gasteiger partial charge in [0.1, 0.15) is 17.8 Å². The predicted molar refractivity (Wildman–Crippen MR) is 96.3 cm³/mol. The molecule has 26 heavy (non-hydrogen) atoms. The third-order valence-electron chi connectivity index (χ3n) is 4.38. The van der Waals surface area contributed by atoms with Crippen LogP contribution in [-0.2, 0) is 0 Å². The number of rotatable bonds is 6. The first kappa shape index (κ1) is 17.7. The normalized spacial score (nSPS) is 16.9. The molecule has 2 aromatic rings. The largest absolute Gasteiger partial charge is 0.493 e. The van der Waals surface area contributed by atoms with E-state index < -0.39 is 10.8 Å². The molecular weight excluding hydrogens is 336 g/mol. The molecule has 1 aliphatic rings.